The van der Waals surface area contributed by atoms with E-state index in [9.17, 15) is 4.79 Å². The molecule has 0 N–H and O–H groups in total. The van der Waals surface area contributed by atoms with E-state index in [1.807, 2.05) is 6.20 Å². The summed E-state index contributed by atoms with van der Waals surface area (Å²) in [6.07, 6.45) is 7.16. The summed E-state index contributed by atoms with van der Waals surface area (Å²) in [5, 5.41) is 0.808. The van der Waals surface area contributed by atoms with E-state index in [-0.39, 0.29) is 11.1 Å². The van der Waals surface area contributed by atoms with Crippen molar-refractivity contribution in [3.8, 4) is 0 Å². The highest BCUT2D eigenvalue weighted by Crippen LogP contribution is 2.41. The Morgan fingerprint density at radius 2 is 2.27 bits per heavy atom. The molecular weight excluding hydrogens is 190 g/mol. The SMILES string of the molecule is CC1(n2cc3ncncc3cc2=O)CC1. The largest absolute Gasteiger partial charge is 0.307 e. The molecule has 76 valence electrons. The van der Waals surface area contributed by atoms with Gasteiger partial charge >= 0.3 is 0 Å². The summed E-state index contributed by atoms with van der Waals surface area (Å²) in [5.41, 5.74) is 0.894. The monoisotopic (exact) mass is 201 g/mol. The van der Waals surface area contributed by atoms with Crippen LogP contribution in [0.2, 0.25) is 0 Å². The van der Waals surface area contributed by atoms with Gasteiger partial charge in [0.1, 0.15) is 6.33 Å². The predicted octanol–water partition coefficient (Wildman–Crippen LogP) is 1.30. The molecule has 2 aromatic rings. The lowest BCUT2D eigenvalue weighted by atomic mass is 10.2. The average molecular weight is 201 g/mol. The molecule has 0 saturated heterocycles. The molecule has 4 nitrogen and oxygen atoms in total. The van der Waals surface area contributed by atoms with E-state index in [0.717, 1.165) is 23.7 Å². The lowest BCUT2D eigenvalue weighted by Crippen LogP contribution is -2.27. The van der Waals surface area contributed by atoms with E-state index in [0.29, 0.717) is 0 Å². The smallest absolute Gasteiger partial charge is 0.251 e. The maximum atomic E-state index is 11.8. The summed E-state index contributed by atoms with van der Waals surface area (Å²) in [5.74, 6) is 0. The minimum absolute atomic E-state index is 0.0240. The highest BCUT2D eigenvalue weighted by atomic mass is 16.1. The zero-order valence-electron chi connectivity index (χ0n) is 8.47. The van der Waals surface area contributed by atoms with Crippen molar-refractivity contribution in [3.05, 3.63) is 35.1 Å². The molecule has 1 aliphatic carbocycles. The number of pyridine rings is 1. The Hall–Kier alpha value is -1.71. The van der Waals surface area contributed by atoms with Crippen LogP contribution in [-0.2, 0) is 5.54 Å². The molecule has 0 unspecified atom stereocenters. The molecule has 0 aromatic carbocycles. The molecule has 0 aliphatic heterocycles. The number of hydrogen-bond acceptors (Lipinski definition) is 3. The van der Waals surface area contributed by atoms with Gasteiger partial charge in [-0.2, -0.15) is 0 Å². The van der Waals surface area contributed by atoms with Crippen LogP contribution in [0.5, 0.6) is 0 Å². The highest BCUT2D eigenvalue weighted by molar-refractivity contribution is 5.75. The second kappa shape index (κ2) is 2.66. The van der Waals surface area contributed by atoms with Crippen LogP contribution in [-0.4, -0.2) is 14.5 Å². The first-order chi connectivity index (χ1) is 7.19. The molecule has 15 heavy (non-hydrogen) atoms. The predicted molar refractivity (Wildman–Crippen MR) is 56.7 cm³/mol. The Kier molecular flexibility index (Phi) is 1.52. The van der Waals surface area contributed by atoms with E-state index >= 15 is 0 Å². The maximum Gasteiger partial charge on any atom is 0.251 e. The average Bonchev–Trinajstić information content (AvgIpc) is 2.96. The Balaban J connectivity index is 2.32. The van der Waals surface area contributed by atoms with Gasteiger partial charge in [-0.25, -0.2) is 9.97 Å². The summed E-state index contributed by atoms with van der Waals surface area (Å²) in [6.45, 7) is 2.10. The van der Waals surface area contributed by atoms with Crippen molar-refractivity contribution in [3.63, 3.8) is 0 Å². The Morgan fingerprint density at radius 3 is 3.00 bits per heavy atom. The molecule has 0 spiro atoms. The van der Waals surface area contributed by atoms with Crippen LogP contribution < -0.4 is 5.56 Å². The number of hydrogen-bond donors (Lipinski definition) is 0. The van der Waals surface area contributed by atoms with Crippen LogP contribution in [0, 0.1) is 0 Å². The van der Waals surface area contributed by atoms with Gasteiger partial charge in [-0.05, 0) is 19.8 Å². The molecule has 1 fully saturated rings. The van der Waals surface area contributed by atoms with Gasteiger partial charge in [0.05, 0.1) is 5.52 Å². The van der Waals surface area contributed by atoms with Crippen LogP contribution in [0.4, 0.5) is 0 Å². The van der Waals surface area contributed by atoms with Crippen LogP contribution in [0.25, 0.3) is 10.9 Å². The van der Waals surface area contributed by atoms with Crippen molar-refractivity contribution in [2.45, 2.75) is 25.3 Å². The summed E-state index contributed by atoms with van der Waals surface area (Å²) in [6, 6.07) is 1.61. The van der Waals surface area contributed by atoms with Gasteiger partial charge in [0, 0.05) is 29.4 Å². The van der Waals surface area contributed by atoms with Gasteiger partial charge in [0.15, 0.2) is 0 Å². The second-order valence-electron chi connectivity index (χ2n) is 4.34. The minimum Gasteiger partial charge on any atom is -0.307 e. The van der Waals surface area contributed by atoms with E-state index in [4.69, 9.17) is 0 Å². The van der Waals surface area contributed by atoms with Gasteiger partial charge in [-0.1, -0.05) is 0 Å². The Labute approximate surface area is 86.6 Å². The Bertz CT molecular complexity index is 584. The third kappa shape index (κ3) is 1.25. The van der Waals surface area contributed by atoms with Crippen molar-refractivity contribution in [1.82, 2.24) is 14.5 Å². The summed E-state index contributed by atoms with van der Waals surface area (Å²) < 4.78 is 1.79. The molecule has 0 radical (unpaired) electrons. The van der Waals surface area contributed by atoms with Crippen molar-refractivity contribution in [2.75, 3.05) is 0 Å². The molecule has 0 bridgehead atoms. The van der Waals surface area contributed by atoms with Gasteiger partial charge in [0.25, 0.3) is 5.56 Å². The first-order valence-electron chi connectivity index (χ1n) is 5.02. The van der Waals surface area contributed by atoms with E-state index in [1.54, 1.807) is 16.8 Å². The van der Waals surface area contributed by atoms with Crippen molar-refractivity contribution < 1.29 is 0 Å². The zero-order chi connectivity index (χ0) is 10.5. The molecule has 0 amide bonds. The highest BCUT2D eigenvalue weighted by Gasteiger charge is 2.39. The quantitative estimate of drug-likeness (QED) is 0.698. The van der Waals surface area contributed by atoms with Gasteiger partial charge < -0.3 is 4.57 Å². The summed E-state index contributed by atoms with van der Waals surface area (Å²) in [7, 11) is 0. The number of fused-ring (bicyclic) bond motifs is 1. The van der Waals surface area contributed by atoms with Crippen molar-refractivity contribution in [2.24, 2.45) is 0 Å². The number of rotatable bonds is 1. The maximum absolute atomic E-state index is 11.8. The van der Waals surface area contributed by atoms with Gasteiger partial charge in [-0.15, -0.1) is 0 Å². The third-order valence-corrected chi connectivity index (χ3v) is 3.10. The molecule has 1 saturated carbocycles. The Morgan fingerprint density at radius 1 is 1.47 bits per heavy atom. The van der Waals surface area contributed by atoms with E-state index in [1.165, 1.54) is 6.33 Å². The molecule has 1 aliphatic rings. The first kappa shape index (κ1) is 8.59. The molecule has 3 rings (SSSR count). The zero-order valence-corrected chi connectivity index (χ0v) is 8.47. The lowest BCUT2D eigenvalue weighted by Gasteiger charge is -2.12. The lowest BCUT2D eigenvalue weighted by molar-refractivity contribution is 0.515. The normalized spacial score (nSPS) is 17.9. The van der Waals surface area contributed by atoms with Gasteiger partial charge in [-0.3, -0.25) is 4.79 Å². The molecule has 2 heterocycles. The van der Waals surface area contributed by atoms with E-state index < -0.39 is 0 Å². The first-order valence-corrected chi connectivity index (χ1v) is 5.02. The fourth-order valence-corrected chi connectivity index (χ4v) is 1.80. The van der Waals surface area contributed by atoms with Crippen LogP contribution in [0.15, 0.2) is 29.6 Å². The van der Waals surface area contributed by atoms with E-state index in [2.05, 4.69) is 16.9 Å². The molecule has 4 heteroatoms. The topological polar surface area (TPSA) is 47.8 Å². The van der Waals surface area contributed by atoms with Crippen molar-refractivity contribution >= 4 is 10.9 Å². The van der Waals surface area contributed by atoms with Crippen molar-refractivity contribution in [1.29, 1.82) is 0 Å². The standard InChI is InChI=1S/C11H11N3O/c1-11(2-3-11)14-6-9-8(4-10(14)15)5-12-7-13-9/h4-7H,2-3H2,1H3. The fourth-order valence-electron chi connectivity index (χ4n) is 1.80. The molecular formula is C11H11N3O. The second-order valence-corrected chi connectivity index (χ2v) is 4.34. The van der Waals surface area contributed by atoms with Crippen LogP contribution in [0.1, 0.15) is 19.8 Å². The minimum atomic E-state index is 0.0240. The molecule has 2 aromatic heterocycles. The fraction of sp³-hybridized carbons (Fsp3) is 0.364. The van der Waals surface area contributed by atoms with Crippen LogP contribution in [0.3, 0.4) is 0 Å². The summed E-state index contributed by atoms with van der Waals surface area (Å²) >= 11 is 0. The third-order valence-electron chi connectivity index (χ3n) is 3.10. The number of nitrogens with zero attached hydrogens (tertiary/aromatic N) is 3. The summed E-state index contributed by atoms with van der Waals surface area (Å²) in [4.78, 5) is 19.9. The molecule has 0 atom stereocenters. The van der Waals surface area contributed by atoms with Gasteiger partial charge in [0.2, 0.25) is 0 Å². The number of aromatic nitrogens is 3. The van der Waals surface area contributed by atoms with Crippen LogP contribution >= 0.6 is 0 Å².